The first-order valence-corrected chi connectivity index (χ1v) is 4.59. The van der Waals surface area contributed by atoms with Crippen LogP contribution < -0.4 is 0 Å². The summed E-state index contributed by atoms with van der Waals surface area (Å²) >= 11 is 5.59. The van der Waals surface area contributed by atoms with Gasteiger partial charge in [0.05, 0.1) is 0 Å². The highest BCUT2D eigenvalue weighted by Crippen LogP contribution is 2.19. The van der Waals surface area contributed by atoms with Crippen molar-refractivity contribution in [2.24, 2.45) is 0 Å². The third-order valence-corrected chi connectivity index (χ3v) is 2.18. The van der Waals surface area contributed by atoms with E-state index in [0.717, 1.165) is 12.0 Å². The SMILES string of the molecule is CC(CCCl)c1cccc(F)c1. The van der Waals surface area contributed by atoms with E-state index in [4.69, 9.17) is 11.6 Å². The van der Waals surface area contributed by atoms with E-state index in [1.807, 2.05) is 6.07 Å². The Balaban J connectivity index is 2.73. The van der Waals surface area contributed by atoms with Crippen molar-refractivity contribution in [3.63, 3.8) is 0 Å². The lowest BCUT2D eigenvalue weighted by Gasteiger charge is -2.08. The van der Waals surface area contributed by atoms with Crippen molar-refractivity contribution in [1.29, 1.82) is 0 Å². The van der Waals surface area contributed by atoms with E-state index >= 15 is 0 Å². The standard InChI is InChI=1S/C10H12ClF/c1-8(5-6-11)9-3-2-4-10(12)7-9/h2-4,7-8H,5-6H2,1H3. The molecule has 12 heavy (non-hydrogen) atoms. The van der Waals surface area contributed by atoms with Crippen LogP contribution in [0.1, 0.15) is 24.8 Å². The van der Waals surface area contributed by atoms with Crippen molar-refractivity contribution in [3.05, 3.63) is 35.6 Å². The minimum Gasteiger partial charge on any atom is -0.207 e. The number of alkyl halides is 1. The zero-order valence-electron chi connectivity index (χ0n) is 7.06. The lowest BCUT2D eigenvalue weighted by atomic mass is 9.99. The number of rotatable bonds is 3. The molecule has 0 saturated carbocycles. The van der Waals surface area contributed by atoms with E-state index in [2.05, 4.69) is 6.92 Å². The summed E-state index contributed by atoms with van der Waals surface area (Å²) in [6.45, 7) is 2.05. The molecule has 0 amide bonds. The van der Waals surface area contributed by atoms with Crippen molar-refractivity contribution in [3.8, 4) is 0 Å². The third kappa shape index (κ3) is 2.49. The molecule has 0 nitrogen and oxygen atoms in total. The van der Waals surface area contributed by atoms with Crippen LogP contribution in [0.3, 0.4) is 0 Å². The van der Waals surface area contributed by atoms with Gasteiger partial charge in [-0.1, -0.05) is 19.1 Å². The third-order valence-electron chi connectivity index (χ3n) is 1.96. The van der Waals surface area contributed by atoms with Crippen molar-refractivity contribution in [2.45, 2.75) is 19.3 Å². The van der Waals surface area contributed by atoms with Crippen LogP contribution in [0.15, 0.2) is 24.3 Å². The molecule has 0 aliphatic heterocycles. The summed E-state index contributed by atoms with van der Waals surface area (Å²) < 4.78 is 12.7. The second kappa shape index (κ2) is 4.46. The molecule has 0 radical (unpaired) electrons. The molecule has 0 fully saturated rings. The monoisotopic (exact) mass is 186 g/mol. The summed E-state index contributed by atoms with van der Waals surface area (Å²) in [7, 11) is 0. The normalized spacial score (nSPS) is 12.9. The lowest BCUT2D eigenvalue weighted by molar-refractivity contribution is 0.620. The van der Waals surface area contributed by atoms with Gasteiger partial charge in [0.2, 0.25) is 0 Å². The maximum atomic E-state index is 12.7. The quantitative estimate of drug-likeness (QED) is 0.634. The molecule has 0 heterocycles. The number of halogens is 2. The van der Waals surface area contributed by atoms with Crippen molar-refractivity contribution in [1.82, 2.24) is 0 Å². The van der Waals surface area contributed by atoms with Crippen LogP contribution in [0.4, 0.5) is 4.39 Å². The predicted molar refractivity (Wildman–Crippen MR) is 50.2 cm³/mol. The molecule has 0 bridgehead atoms. The molecule has 1 aromatic rings. The summed E-state index contributed by atoms with van der Waals surface area (Å²) in [5.41, 5.74) is 1.02. The summed E-state index contributed by atoms with van der Waals surface area (Å²) in [6.07, 6.45) is 0.894. The van der Waals surface area contributed by atoms with Gasteiger partial charge in [-0.2, -0.15) is 0 Å². The zero-order valence-corrected chi connectivity index (χ0v) is 7.81. The average Bonchev–Trinajstić information content (AvgIpc) is 2.05. The zero-order chi connectivity index (χ0) is 8.97. The largest absolute Gasteiger partial charge is 0.207 e. The Morgan fingerprint density at radius 1 is 1.50 bits per heavy atom. The molecule has 66 valence electrons. The summed E-state index contributed by atoms with van der Waals surface area (Å²) in [4.78, 5) is 0. The van der Waals surface area contributed by atoms with E-state index in [0.29, 0.717) is 11.8 Å². The molecule has 1 aromatic carbocycles. The highest BCUT2D eigenvalue weighted by atomic mass is 35.5. The van der Waals surface area contributed by atoms with Gasteiger partial charge in [-0.3, -0.25) is 0 Å². The maximum Gasteiger partial charge on any atom is 0.123 e. The van der Waals surface area contributed by atoms with Gasteiger partial charge in [-0.25, -0.2) is 4.39 Å². The fraction of sp³-hybridized carbons (Fsp3) is 0.400. The van der Waals surface area contributed by atoms with E-state index in [9.17, 15) is 4.39 Å². The van der Waals surface area contributed by atoms with Crippen LogP contribution in [0.25, 0.3) is 0 Å². The molecule has 2 heteroatoms. The van der Waals surface area contributed by atoms with Crippen LogP contribution >= 0.6 is 11.6 Å². The molecule has 0 N–H and O–H groups in total. The van der Waals surface area contributed by atoms with E-state index in [1.165, 1.54) is 6.07 Å². The lowest BCUT2D eigenvalue weighted by Crippen LogP contribution is -1.94. The van der Waals surface area contributed by atoms with Crippen LogP contribution in [-0.2, 0) is 0 Å². The van der Waals surface area contributed by atoms with E-state index in [1.54, 1.807) is 12.1 Å². The fourth-order valence-electron chi connectivity index (χ4n) is 1.14. The minimum atomic E-state index is -0.172. The molecule has 0 spiro atoms. The van der Waals surface area contributed by atoms with Gasteiger partial charge in [0.25, 0.3) is 0 Å². The Morgan fingerprint density at radius 3 is 2.83 bits per heavy atom. The highest BCUT2D eigenvalue weighted by molar-refractivity contribution is 6.17. The molecule has 0 aromatic heterocycles. The number of hydrogen-bond donors (Lipinski definition) is 0. The van der Waals surface area contributed by atoms with Crippen LogP contribution in [-0.4, -0.2) is 5.88 Å². The van der Waals surface area contributed by atoms with E-state index < -0.39 is 0 Å². The summed E-state index contributed by atoms with van der Waals surface area (Å²) in [5, 5.41) is 0. The van der Waals surface area contributed by atoms with Crippen LogP contribution in [0.2, 0.25) is 0 Å². The molecule has 1 atom stereocenters. The maximum absolute atomic E-state index is 12.7. The van der Waals surface area contributed by atoms with Crippen molar-refractivity contribution in [2.75, 3.05) is 5.88 Å². The Bertz CT molecular complexity index is 247. The predicted octanol–water partition coefficient (Wildman–Crippen LogP) is 3.56. The Kier molecular flexibility index (Phi) is 3.54. The highest BCUT2D eigenvalue weighted by Gasteiger charge is 2.04. The Labute approximate surface area is 77.4 Å². The van der Waals surface area contributed by atoms with Gasteiger partial charge in [-0.05, 0) is 30.0 Å². The summed E-state index contributed by atoms with van der Waals surface area (Å²) in [6, 6.07) is 6.68. The first-order valence-electron chi connectivity index (χ1n) is 4.05. The molecular weight excluding hydrogens is 175 g/mol. The van der Waals surface area contributed by atoms with Crippen molar-refractivity contribution < 1.29 is 4.39 Å². The molecule has 0 aliphatic rings. The minimum absolute atomic E-state index is 0.172. The van der Waals surface area contributed by atoms with Gasteiger partial charge in [0.15, 0.2) is 0 Å². The van der Waals surface area contributed by atoms with Gasteiger partial charge in [0, 0.05) is 5.88 Å². The first-order chi connectivity index (χ1) is 5.74. The molecular formula is C10H12ClF. The van der Waals surface area contributed by atoms with Gasteiger partial charge in [-0.15, -0.1) is 11.6 Å². The Morgan fingerprint density at radius 2 is 2.25 bits per heavy atom. The number of hydrogen-bond acceptors (Lipinski definition) is 0. The number of benzene rings is 1. The fourth-order valence-corrected chi connectivity index (χ4v) is 1.47. The van der Waals surface area contributed by atoms with Crippen LogP contribution in [0, 0.1) is 5.82 Å². The molecule has 1 rings (SSSR count). The summed E-state index contributed by atoms with van der Waals surface area (Å²) in [5.74, 6) is 0.796. The average molecular weight is 187 g/mol. The Hall–Kier alpha value is -0.560. The topological polar surface area (TPSA) is 0 Å². The second-order valence-corrected chi connectivity index (χ2v) is 3.31. The first kappa shape index (κ1) is 9.53. The molecule has 1 unspecified atom stereocenters. The van der Waals surface area contributed by atoms with Gasteiger partial charge in [0.1, 0.15) is 5.82 Å². The second-order valence-electron chi connectivity index (χ2n) is 2.93. The van der Waals surface area contributed by atoms with Gasteiger partial charge >= 0.3 is 0 Å². The van der Waals surface area contributed by atoms with Gasteiger partial charge < -0.3 is 0 Å². The molecule has 0 aliphatic carbocycles. The van der Waals surface area contributed by atoms with Crippen molar-refractivity contribution >= 4 is 11.6 Å². The van der Waals surface area contributed by atoms with E-state index in [-0.39, 0.29) is 5.82 Å². The van der Waals surface area contributed by atoms with Crippen LogP contribution in [0.5, 0.6) is 0 Å². The molecule has 0 saturated heterocycles. The smallest absolute Gasteiger partial charge is 0.123 e.